The molecule has 1 amide bonds. The van der Waals surface area contributed by atoms with Crippen molar-refractivity contribution < 1.29 is 9.53 Å². The molecule has 1 saturated heterocycles. The first-order valence-corrected chi connectivity index (χ1v) is 10.1. The van der Waals surface area contributed by atoms with Crippen LogP contribution >= 0.6 is 0 Å². The number of rotatable bonds is 8. The van der Waals surface area contributed by atoms with Gasteiger partial charge in [0, 0.05) is 31.5 Å². The van der Waals surface area contributed by atoms with Crippen molar-refractivity contribution in [2.45, 2.75) is 51.9 Å². The van der Waals surface area contributed by atoms with Gasteiger partial charge in [0.2, 0.25) is 5.91 Å². The van der Waals surface area contributed by atoms with Crippen molar-refractivity contribution in [3.8, 4) is 17.1 Å². The van der Waals surface area contributed by atoms with Crippen LogP contribution in [0, 0.1) is 0 Å². The Bertz CT molecular complexity index is 844. The van der Waals surface area contributed by atoms with Crippen molar-refractivity contribution in [2.75, 3.05) is 19.7 Å². The molecule has 0 saturated carbocycles. The first kappa shape index (κ1) is 20.0. The minimum absolute atomic E-state index is 0.0851. The molecule has 0 radical (unpaired) electrons. The third kappa shape index (κ3) is 5.41. The summed E-state index contributed by atoms with van der Waals surface area (Å²) in [6, 6.07) is 7.44. The maximum atomic E-state index is 12.4. The van der Waals surface area contributed by atoms with Crippen molar-refractivity contribution in [1.82, 2.24) is 20.1 Å². The molecule has 0 unspecified atom stereocenters. The summed E-state index contributed by atoms with van der Waals surface area (Å²) in [7, 11) is 0. The Morgan fingerprint density at radius 2 is 2.04 bits per heavy atom. The highest BCUT2D eigenvalue weighted by Crippen LogP contribution is 2.20. The van der Waals surface area contributed by atoms with Gasteiger partial charge in [0.05, 0.1) is 6.61 Å². The molecule has 1 aromatic carbocycles. The topological polar surface area (TPSA) is 88.2 Å². The molecule has 1 fully saturated rings. The molecule has 2 aromatic rings. The molecule has 0 bridgehead atoms. The fourth-order valence-electron chi connectivity index (χ4n) is 3.25. The van der Waals surface area contributed by atoms with Gasteiger partial charge in [-0.3, -0.25) is 9.59 Å². The molecule has 7 nitrogen and oxygen atoms in total. The molecule has 2 heterocycles. The van der Waals surface area contributed by atoms with E-state index in [0.717, 1.165) is 50.1 Å². The predicted molar refractivity (Wildman–Crippen MR) is 107 cm³/mol. The lowest BCUT2D eigenvalue weighted by Gasteiger charge is -2.26. The molecular formula is C21H28N4O3. The summed E-state index contributed by atoms with van der Waals surface area (Å²) in [5.74, 6) is 1.23. The number of nitrogens with one attached hydrogen (secondary N) is 1. The van der Waals surface area contributed by atoms with Crippen molar-refractivity contribution in [2.24, 2.45) is 0 Å². The number of ether oxygens (including phenoxy) is 1. The van der Waals surface area contributed by atoms with Crippen molar-refractivity contribution in [1.29, 1.82) is 0 Å². The largest absolute Gasteiger partial charge is 0.494 e. The normalized spacial score (nSPS) is 14.1. The van der Waals surface area contributed by atoms with E-state index in [4.69, 9.17) is 4.74 Å². The van der Waals surface area contributed by atoms with E-state index in [-0.39, 0.29) is 17.9 Å². The summed E-state index contributed by atoms with van der Waals surface area (Å²) < 4.78 is 5.70. The van der Waals surface area contributed by atoms with E-state index in [0.29, 0.717) is 24.5 Å². The monoisotopic (exact) mass is 384 g/mol. The number of likely N-dealkylation sites (tertiary alicyclic amines) is 1. The Labute approximate surface area is 165 Å². The van der Waals surface area contributed by atoms with E-state index in [1.54, 1.807) is 0 Å². The number of hydrogen-bond acceptors (Lipinski definition) is 5. The third-order valence-electron chi connectivity index (χ3n) is 4.92. The van der Waals surface area contributed by atoms with Crippen molar-refractivity contribution >= 4 is 5.91 Å². The molecule has 1 aliphatic heterocycles. The van der Waals surface area contributed by atoms with Gasteiger partial charge in [-0.15, -0.1) is 10.2 Å². The molecule has 0 aliphatic carbocycles. The number of aromatic amines is 1. The summed E-state index contributed by atoms with van der Waals surface area (Å²) >= 11 is 0. The van der Waals surface area contributed by atoms with Gasteiger partial charge >= 0.3 is 0 Å². The highest BCUT2D eigenvalue weighted by Gasteiger charge is 2.17. The molecule has 1 aromatic heterocycles. The Balaban J connectivity index is 1.63. The number of H-pyrrole nitrogens is 1. The van der Waals surface area contributed by atoms with E-state index in [9.17, 15) is 9.59 Å². The number of carbonyl (C=O) groups is 1. The summed E-state index contributed by atoms with van der Waals surface area (Å²) in [6.07, 6.45) is 5.95. The fraction of sp³-hybridized carbons (Fsp3) is 0.524. The molecule has 1 N–H and O–H groups in total. The van der Waals surface area contributed by atoms with E-state index in [1.165, 1.54) is 6.42 Å². The van der Waals surface area contributed by atoms with Crippen molar-refractivity contribution in [3.05, 3.63) is 40.3 Å². The molecule has 150 valence electrons. The second-order valence-corrected chi connectivity index (χ2v) is 7.12. The molecule has 28 heavy (non-hydrogen) atoms. The summed E-state index contributed by atoms with van der Waals surface area (Å²) in [5.41, 5.74) is 0.743. The number of nitrogens with zero attached hydrogens (tertiary/aromatic N) is 3. The number of aryl methyl sites for hydroxylation is 1. The van der Waals surface area contributed by atoms with E-state index >= 15 is 0 Å². The molecule has 7 heteroatoms. The predicted octanol–water partition coefficient (Wildman–Crippen LogP) is 2.96. The van der Waals surface area contributed by atoms with Crippen LogP contribution in [-0.2, 0) is 11.2 Å². The van der Waals surface area contributed by atoms with Gasteiger partial charge in [0.15, 0.2) is 5.82 Å². The number of piperidine rings is 1. The molecule has 0 atom stereocenters. The van der Waals surface area contributed by atoms with Crippen LogP contribution in [0.4, 0.5) is 0 Å². The first-order chi connectivity index (χ1) is 13.7. The lowest BCUT2D eigenvalue weighted by molar-refractivity contribution is -0.132. The lowest BCUT2D eigenvalue weighted by atomic mass is 10.1. The zero-order valence-corrected chi connectivity index (χ0v) is 16.4. The minimum atomic E-state index is -0.297. The Kier molecular flexibility index (Phi) is 7.17. The summed E-state index contributed by atoms with van der Waals surface area (Å²) in [5, 5.41) is 8.22. The molecule has 0 spiro atoms. The SMILES string of the molecule is CCCCOc1cccc(-c2nnc(CCC(=O)N3CCCCC3)c(=O)[nH]2)c1. The Morgan fingerprint density at radius 1 is 1.21 bits per heavy atom. The quantitative estimate of drug-likeness (QED) is 0.707. The zero-order chi connectivity index (χ0) is 19.8. The van der Waals surface area contributed by atoms with Crippen LogP contribution in [0.1, 0.15) is 51.1 Å². The highest BCUT2D eigenvalue weighted by atomic mass is 16.5. The second kappa shape index (κ2) is 10.0. The number of aromatic nitrogens is 3. The average Bonchev–Trinajstić information content (AvgIpc) is 2.73. The first-order valence-electron chi connectivity index (χ1n) is 10.1. The average molecular weight is 384 g/mol. The molecular weight excluding hydrogens is 356 g/mol. The lowest BCUT2D eigenvalue weighted by Crippen LogP contribution is -2.36. The van der Waals surface area contributed by atoms with Crippen LogP contribution in [0.5, 0.6) is 5.75 Å². The van der Waals surface area contributed by atoms with Gasteiger partial charge in [-0.1, -0.05) is 25.5 Å². The van der Waals surface area contributed by atoms with Gasteiger partial charge in [0.1, 0.15) is 11.4 Å². The van der Waals surface area contributed by atoms with Crippen LogP contribution in [0.3, 0.4) is 0 Å². The van der Waals surface area contributed by atoms with Crippen LogP contribution in [0.25, 0.3) is 11.4 Å². The number of benzene rings is 1. The van der Waals surface area contributed by atoms with Gasteiger partial charge < -0.3 is 14.6 Å². The third-order valence-corrected chi connectivity index (χ3v) is 4.92. The van der Waals surface area contributed by atoms with Gasteiger partial charge in [-0.2, -0.15) is 0 Å². The number of hydrogen-bond donors (Lipinski definition) is 1. The Morgan fingerprint density at radius 3 is 2.79 bits per heavy atom. The van der Waals surface area contributed by atoms with E-state index in [1.807, 2.05) is 29.2 Å². The fourth-order valence-corrected chi connectivity index (χ4v) is 3.25. The standard InChI is InChI=1S/C21H28N4O3/c1-2-3-14-28-17-9-7-8-16(15-17)20-22-21(27)18(23-24-20)10-11-19(26)25-12-5-4-6-13-25/h7-9,15H,2-6,10-14H2,1H3,(H,22,24,27). The maximum Gasteiger partial charge on any atom is 0.273 e. The van der Waals surface area contributed by atoms with Crippen LogP contribution < -0.4 is 10.3 Å². The highest BCUT2D eigenvalue weighted by molar-refractivity contribution is 5.76. The van der Waals surface area contributed by atoms with Crippen LogP contribution in [-0.4, -0.2) is 45.7 Å². The maximum absolute atomic E-state index is 12.4. The zero-order valence-electron chi connectivity index (χ0n) is 16.4. The Hall–Kier alpha value is -2.70. The van der Waals surface area contributed by atoms with Crippen LogP contribution in [0.2, 0.25) is 0 Å². The van der Waals surface area contributed by atoms with Crippen LogP contribution in [0.15, 0.2) is 29.1 Å². The minimum Gasteiger partial charge on any atom is -0.494 e. The van der Waals surface area contributed by atoms with E-state index in [2.05, 4.69) is 22.1 Å². The van der Waals surface area contributed by atoms with Gasteiger partial charge in [-0.05, 0) is 37.8 Å². The van der Waals surface area contributed by atoms with Gasteiger partial charge in [0.25, 0.3) is 5.56 Å². The second-order valence-electron chi connectivity index (χ2n) is 7.12. The van der Waals surface area contributed by atoms with Gasteiger partial charge in [-0.25, -0.2) is 0 Å². The summed E-state index contributed by atoms with van der Waals surface area (Å²) in [6.45, 7) is 4.40. The van der Waals surface area contributed by atoms with Crippen molar-refractivity contribution in [3.63, 3.8) is 0 Å². The number of amides is 1. The number of carbonyl (C=O) groups excluding carboxylic acids is 1. The molecule has 1 aliphatic rings. The molecule has 3 rings (SSSR count). The smallest absolute Gasteiger partial charge is 0.273 e. The van der Waals surface area contributed by atoms with E-state index < -0.39 is 0 Å². The number of unbranched alkanes of at least 4 members (excludes halogenated alkanes) is 1. The summed E-state index contributed by atoms with van der Waals surface area (Å²) in [4.78, 5) is 29.3.